The quantitative estimate of drug-likeness (QED) is 0.461. The Bertz CT molecular complexity index is 94.4. The summed E-state index contributed by atoms with van der Waals surface area (Å²) >= 11 is 9.36. The molecule has 0 aromatic carbocycles. The molecule has 1 rings (SSSR count). The van der Waals surface area contributed by atoms with E-state index in [4.69, 9.17) is 11.6 Å². The summed E-state index contributed by atoms with van der Waals surface area (Å²) in [4.78, 5) is 0. The van der Waals surface area contributed by atoms with Crippen LogP contribution in [0.5, 0.6) is 0 Å². The molecule has 0 aromatic rings. The first-order chi connectivity index (χ1) is 3.63. The fourth-order valence-electron chi connectivity index (χ4n) is 0.825. The molecule has 1 saturated heterocycles. The maximum Gasteiger partial charge on any atom is 0.0879 e. The number of alkyl halides is 2. The van der Waals surface area contributed by atoms with Crippen LogP contribution in [0.25, 0.3) is 0 Å². The van der Waals surface area contributed by atoms with E-state index in [1.165, 1.54) is 0 Å². The highest BCUT2D eigenvalue weighted by Crippen LogP contribution is 2.29. The third kappa shape index (κ3) is 1.17. The number of hydrogen-bond donors (Lipinski definition) is 1. The summed E-state index contributed by atoms with van der Waals surface area (Å²) in [6.07, 6.45) is 1.06. The molecule has 0 aliphatic carbocycles. The van der Waals surface area contributed by atoms with Gasteiger partial charge in [-0.15, -0.1) is 11.6 Å². The summed E-state index contributed by atoms with van der Waals surface area (Å²) in [6.45, 7) is 3.08. The van der Waals surface area contributed by atoms with Crippen LogP contribution in [0, 0.1) is 0 Å². The molecule has 1 N–H and O–H groups in total. The molecule has 1 aliphatic heterocycles. The molecule has 1 heterocycles. The second-order valence-corrected chi connectivity index (χ2v) is 4.43. The van der Waals surface area contributed by atoms with Crippen molar-refractivity contribution in [3.63, 3.8) is 0 Å². The van der Waals surface area contributed by atoms with E-state index >= 15 is 0 Å². The molecule has 0 saturated carbocycles. The van der Waals surface area contributed by atoms with E-state index in [0.29, 0.717) is 0 Å². The van der Waals surface area contributed by atoms with Crippen molar-refractivity contribution >= 4 is 27.5 Å². The topological polar surface area (TPSA) is 12.0 Å². The van der Waals surface area contributed by atoms with Crippen molar-refractivity contribution in [3.05, 3.63) is 0 Å². The van der Waals surface area contributed by atoms with Gasteiger partial charge in [-0.1, -0.05) is 15.9 Å². The zero-order chi connectivity index (χ0) is 6.20. The van der Waals surface area contributed by atoms with E-state index in [9.17, 15) is 0 Å². The predicted molar refractivity (Wildman–Crippen MR) is 39.6 cm³/mol. The van der Waals surface area contributed by atoms with Crippen molar-refractivity contribution in [3.8, 4) is 0 Å². The first-order valence-corrected chi connectivity index (χ1v) is 3.94. The molecular weight excluding hydrogens is 189 g/mol. The van der Waals surface area contributed by atoms with Crippen LogP contribution < -0.4 is 5.32 Å². The number of nitrogens with one attached hydrogen (secondary N) is 1. The van der Waals surface area contributed by atoms with Crippen LogP contribution in [0.2, 0.25) is 0 Å². The van der Waals surface area contributed by atoms with Crippen molar-refractivity contribution < 1.29 is 0 Å². The minimum Gasteiger partial charge on any atom is -0.301 e. The third-order valence-electron chi connectivity index (χ3n) is 1.46. The monoisotopic (exact) mass is 197 g/mol. The van der Waals surface area contributed by atoms with Gasteiger partial charge in [0.1, 0.15) is 0 Å². The largest absolute Gasteiger partial charge is 0.301 e. The van der Waals surface area contributed by atoms with Gasteiger partial charge < -0.3 is 5.32 Å². The van der Waals surface area contributed by atoms with E-state index in [1.54, 1.807) is 0 Å². The predicted octanol–water partition coefficient (Wildman–Crippen LogP) is 1.70. The highest BCUT2D eigenvalue weighted by atomic mass is 79.9. The number of halogens is 2. The molecule has 0 radical (unpaired) electrons. The van der Waals surface area contributed by atoms with Crippen LogP contribution >= 0.6 is 27.5 Å². The Labute approximate surface area is 62.9 Å². The van der Waals surface area contributed by atoms with Gasteiger partial charge in [0.15, 0.2) is 0 Å². The lowest BCUT2D eigenvalue weighted by atomic mass is 10.2. The van der Waals surface area contributed by atoms with Crippen LogP contribution in [0.4, 0.5) is 0 Å². The lowest BCUT2D eigenvalue weighted by molar-refractivity contribution is 0.623. The van der Waals surface area contributed by atoms with Crippen LogP contribution in [-0.2, 0) is 0 Å². The van der Waals surface area contributed by atoms with Crippen LogP contribution in [0.15, 0.2) is 0 Å². The molecule has 3 heteroatoms. The molecule has 0 bridgehead atoms. The summed E-state index contributed by atoms with van der Waals surface area (Å²) in [6, 6.07) is 0. The Morgan fingerprint density at radius 2 is 2.50 bits per heavy atom. The normalized spacial score (nSPS) is 47.6. The van der Waals surface area contributed by atoms with E-state index in [-0.39, 0.29) is 9.83 Å². The van der Waals surface area contributed by atoms with E-state index in [1.807, 2.05) is 0 Å². The number of hydrogen-bond acceptors (Lipinski definition) is 1. The van der Waals surface area contributed by atoms with Crippen molar-refractivity contribution in [2.75, 3.05) is 6.54 Å². The average Bonchev–Trinajstić information content (AvgIpc) is 1.86. The van der Waals surface area contributed by atoms with Crippen LogP contribution in [0.1, 0.15) is 13.3 Å². The summed E-state index contributed by atoms with van der Waals surface area (Å²) in [5, 5.41) is 3.47. The molecule has 8 heavy (non-hydrogen) atoms. The Morgan fingerprint density at radius 3 is 2.62 bits per heavy atom. The van der Waals surface area contributed by atoms with Gasteiger partial charge in [-0.2, -0.15) is 0 Å². The maximum atomic E-state index is 5.89. The van der Waals surface area contributed by atoms with Gasteiger partial charge in [-0.3, -0.25) is 0 Å². The molecule has 48 valence electrons. The molecule has 1 fully saturated rings. The number of rotatable bonds is 0. The highest BCUT2D eigenvalue weighted by molar-refractivity contribution is 9.10. The SMILES string of the molecule is CC1(Br)NCCC1Cl. The Hall–Kier alpha value is 0.730. The smallest absolute Gasteiger partial charge is 0.0879 e. The lowest BCUT2D eigenvalue weighted by Crippen LogP contribution is -2.34. The van der Waals surface area contributed by atoms with Gasteiger partial charge in [0.25, 0.3) is 0 Å². The van der Waals surface area contributed by atoms with Crippen LogP contribution in [0.3, 0.4) is 0 Å². The summed E-state index contributed by atoms with van der Waals surface area (Å²) in [7, 11) is 0. The van der Waals surface area contributed by atoms with Gasteiger partial charge in [-0.25, -0.2) is 0 Å². The molecule has 1 aliphatic rings. The van der Waals surface area contributed by atoms with Gasteiger partial charge in [0.05, 0.1) is 9.83 Å². The molecule has 2 unspecified atom stereocenters. The standard InChI is InChI=1S/C5H9BrClN/c1-5(6)4(7)2-3-8-5/h4,8H,2-3H2,1H3. The lowest BCUT2D eigenvalue weighted by Gasteiger charge is -2.18. The van der Waals surface area contributed by atoms with Crippen molar-refractivity contribution in [1.29, 1.82) is 0 Å². The minimum atomic E-state index is -0.0193. The van der Waals surface area contributed by atoms with Gasteiger partial charge >= 0.3 is 0 Å². The highest BCUT2D eigenvalue weighted by Gasteiger charge is 2.33. The van der Waals surface area contributed by atoms with E-state index < -0.39 is 0 Å². The molecule has 0 spiro atoms. The zero-order valence-corrected chi connectivity index (χ0v) is 7.09. The second-order valence-electron chi connectivity index (χ2n) is 2.26. The summed E-state index contributed by atoms with van der Waals surface area (Å²) < 4.78 is -0.0193. The second kappa shape index (κ2) is 2.16. The van der Waals surface area contributed by atoms with Crippen molar-refractivity contribution in [2.45, 2.75) is 23.2 Å². The van der Waals surface area contributed by atoms with Crippen molar-refractivity contribution in [1.82, 2.24) is 5.32 Å². The Morgan fingerprint density at radius 1 is 1.88 bits per heavy atom. The molecule has 0 amide bonds. The molecular formula is C5H9BrClN. The first kappa shape index (κ1) is 6.84. The fraction of sp³-hybridized carbons (Fsp3) is 1.00. The van der Waals surface area contributed by atoms with Gasteiger partial charge in [-0.05, 0) is 19.9 Å². The summed E-state index contributed by atoms with van der Waals surface area (Å²) in [5.41, 5.74) is 0. The molecule has 1 nitrogen and oxygen atoms in total. The fourth-order valence-corrected chi connectivity index (χ4v) is 1.44. The van der Waals surface area contributed by atoms with Crippen molar-refractivity contribution in [2.24, 2.45) is 0 Å². The summed E-state index contributed by atoms with van der Waals surface area (Å²) in [5.74, 6) is 0. The first-order valence-electron chi connectivity index (χ1n) is 2.71. The molecule has 2 atom stereocenters. The Balaban J connectivity index is 2.54. The van der Waals surface area contributed by atoms with Gasteiger partial charge in [0.2, 0.25) is 0 Å². The third-order valence-corrected chi connectivity index (χ3v) is 3.21. The Kier molecular flexibility index (Phi) is 1.85. The zero-order valence-electron chi connectivity index (χ0n) is 4.75. The van der Waals surface area contributed by atoms with E-state index in [0.717, 1.165) is 13.0 Å². The molecule has 0 aromatic heterocycles. The van der Waals surface area contributed by atoms with Crippen LogP contribution in [-0.4, -0.2) is 16.4 Å². The van der Waals surface area contributed by atoms with Gasteiger partial charge in [0, 0.05) is 0 Å². The minimum absolute atomic E-state index is 0.0193. The average molecular weight is 198 g/mol. The van der Waals surface area contributed by atoms with E-state index in [2.05, 4.69) is 28.2 Å². The maximum absolute atomic E-state index is 5.89.